The third-order valence-electron chi connectivity index (χ3n) is 2.87. The predicted octanol–water partition coefficient (Wildman–Crippen LogP) is 4.23. The first-order valence-electron chi connectivity index (χ1n) is 6.40. The maximum atomic E-state index is 3.68. The summed E-state index contributed by atoms with van der Waals surface area (Å²) in [6.45, 7) is 17.4. The van der Waals surface area contributed by atoms with Crippen LogP contribution in [-0.2, 0) is 0 Å². The molecule has 0 bridgehead atoms. The molecule has 0 aromatic rings. The molecule has 0 aromatic heterocycles. The van der Waals surface area contributed by atoms with Crippen molar-refractivity contribution in [3.05, 3.63) is 0 Å². The van der Waals surface area contributed by atoms with Crippen LogP contribution in [0.4, 0.5) is 0 Å². The van der Waals surface area contributed by atoms with Crippen LogP contribution in [0.25, 0.3) is 0 Å². The van der Waals surface area contributed by atoms with Crippen molar-refractivity contribution in [1.29, 1.82) is 0 Å². The van der Waals surface area contributed by atoms with Crippen molar-refractivity contribution in [1.82, 2.24) is 5.32 Å². The summed E-state index contributed by atoms with van der Waals surface area (Å²) >= 11 is 0. The summed E-state index contributed by atoms with van der Waals surface area (Å²) < 4.78 is 0. The summed E-state index contributed by atoms with van der Waals surface area (Å²) in [5.74, 6) is 0. The van der Waals surface area contributed by atoms with Crippen molar-refractivity contribution in [3.63, 3.8) is 0 Å². The molecule has 1 unspecified atom stereocenters. The minimum atomic E-state index is 0.375. The van der Waals surface area contributed by atoms with Gasteiger partial charge in [0.05, 0.1) is 0 Å². The lowest BCUT2D eigenvalue weighted by molar-refractivity contribution is 0.223. The van der Waals surface area contributed by atoms with E-state index >= 15 is 0 Å². The largest absolute Gasteiger partial charge is 0.313 e. The van der Waals surface area contributed by atoms with Gasteiger partial charge in [-0.1, -0.05) is 48.5 Å². The van der Waals surface area contributed by atoms with Crippen molar-refractivity contribution in [2.45, 2.75) is 73.8 Å². The molecule has 0 aliphatic carbocycles. The Kier molecular flexibility index (Phi) is 5.87. The van der Waals surface area contributed by atoms with Gasteiger partial charge in [0, 0.05) is 6.04 Å². The molecule has 0 radical (unpaired) electrons. The molecule has 0 heterocycles. The fourth-order valence-corrected chi connectivity index (χ4v) is 1.74. The number of rotatable bonds is 5. The molecule has 0 fully saturated rings. The summed E-state index contributed by atoms with van der Waals surface area (Å²) in [5, 5.41) is 3.68. The Bertz CT molecular complexity index is 159. The second kappa shape index (κ2) is 5.89. The number of hydrogen-bond acceptors (Lipinski definition) is 1. The SMILES string of the molecule is CCCNC(CCC(C)(C)C)C(C)(C)C. The van der Waals surface area contributed by atoms with Crippen molar-refractivity contribution < 1.29 is 0 Å². The second-order valence-electron chi connectivity index (χ2n) is 6.97. The Balaban J connectivity index is 4.14. The molecule has 92 valence electrons. The summed E-state index contributed by atoms with van der Waals surface area (Å²) in [4.78, 5) is 0. The van der Waals surface area contributed by atoms with E-state index in [1.54, 1.807) is 0 Å². The standard InChI is InChI=1S/C14H31N/c1-8-11-15-12(14(5,6)7)9-10-13(2,3)4/h12,15H,8-11H2,1-7H3. The molecule has 0 spiro atoms. The first-order valence-corrected chi connectivity index (χ1v) is 6.40. The van der Waals surface area contributed by atoms with Gasteiger partial charge in [-0.2, -0.15) is 0 Å². The van der Waals surface area contributed by atoms with E-state index in [1.807, 2.05) is 0 Å². The minimum Gasteiger partial charge on any atom is -0.313 e. The lowest BCUT2D eigenvalue weighted by Gasteiger charge is -2.33. The molecule has 0 amide bonds. The van der Waals surface area contributed by atoms with Crippen LogP contribution in [0.5, 0.6) is 0 Å². The van der Waals surface area contributed by atoms with Gasteiger partial charge in [-0.05, 0) is 36.6 Å². The highest BCUT2D eigenvalue weighted by molar-refractivity contribution is 4.81. The molecule has 1 heteroatoms. The van der Waals surface area contributed by atoms with Crippen molar-refractivity contribution in [3.8, 4) is 0 Å². The molecule has 0 aliphatic rings. The lowest BCUT2D eigenvalue weighted by Crippen LogP contribution is -2.41. The quantitative estimate of drug-likeness (QED) is 0.721. The van der Waals surface area contributed by atoms with Gasteiger partial charge in [0.2, 0.25) is 0 Å². The monoisotopic (exact) mass is 213 g/mol. The summed E-state index contributed by atoms with van der Waals surface area (Å²) in [6, 6.07) is 0.650. The zero-order valence-electron chi connectivity index (χ0n) is 11.9. The van der Waals surface area contributed by atoms with Crippen LogP contribution in [0, 0.1) is 10.8 Å². The zero-order chi connectivity index (χ0) is 12.1. The molecule has 15 heavy (non-hydrogen) atoms. The van der Waals surface area contributed by atoms with E-state index in [1.165, 1.54) is 19.3 Å². The first kappa shape index (κ1) is 15.0. The van der Waals surface area contributed by atoms with Gasteiger partial charge in [-0.3, -0.25) is 0 Å². The Morgan fingerprint density at radius 1 is 1.00 bits per heavy atom. The number of nitrogens with one attached hydrogen (secondary N) is 1. The molecule has 1 atom stereocenters. The van der Waals surface area contributed by atoms with Gasteiger partial charge in [0.25, 0.3) is 0 Å². The van der Waals surface area contributed by atoms with E-state index in [0.29, 0.717) is 16.9 Å². The molecule has 0 aromatic carbocycles. The smallest absolute Gasteiger partial charge is 0.0116 e. The topological polar surface area (TPSA) is 12.0 Å². The summed E-state index contributed by atoms with van der Waals surface area (Å²) in [5.41, 5.74) is 0.831. The van der Waals surface area contributed by atoms with Crippen LogP contribution in [0.15, 0.2) is 0 Å². The van der Waals surface area contributed by atoms with Crippen LogP contribution in [-0.4, -0.2) is 12.6 Å². The van der Waals surface area contributed by atoms with Crippen molar-refractivity contribution in [2.75, 3.05) is 6.54 Å². The van der Waals surface area contributed by atoms with Crippen LogP contribution in [0.2, 0.25) is 0 Å². The van der Waals surface area contributed by atoms with Crippen LogP contribution in [0.3, 0.4) is 0 Å². The Hall–Kier alpha value is -0.0400. The van der Waals surface area contributed by atoms with Crippen molar-refractivity contribution >= 4 is 0 Å². The Labute approximate surface area is 97.0 Å². The third kappa shape index (κ3) is 7.84. The maximum Gasteiger partial charge on any atom is 0.0116 e. The predicted molar refractivity (Wildman–Crippen MR) is 70.2 cm³/mol. The van der Waals surface area contributed by atoms with Gasteiger partial charge in [0.1, 0.15) is 0 Å². The second-order valence-corrected chi connectivity index (χ2v) is 6.97. The average molecular weight is 213 g/mol. The molecule has 0 saturated heterocycles. The van der Waals surface area contributed by atoms with E-state index in [9.17, 15) is 0 Å². The molecular weight excluding hydrogens is 182 g/mol. The van der Waals surface area contributed by atoms with E-state index in [-0.39, 0.29) is 0 Å². The van der Waals surface area contributed by atoms with Crippen LogP contribution in [0.1, 0.15) is 67.7 Å². The minimum absolute atomic E-state index is 0.375. The van der Waals surface area contributed by atoms with E-state index < -0.39 is 0 Å². The molecule has 1 N–H and O–H groups in total. The maximum absolute atomic E-state index is 3.68. The molecule has 1 nitrogen and oxygen atoms in total. The highest BCUT2D eigenvalue weighted by Crippen LogP contribution is 2.28. The zero-order valence-corrected chi connectivity index (χ0v) is 11.9. The first-order chi connectivity index (χ1) is 6.67. The van der Waals surface area contributed by atoms with Gasteiger partial charge in [0.15, 0.2) is 0 Å². The van der Waals surface area contributed by atoms with Gasteiger partial charge < -0.3 is 5.32 Å². The molecule has 0 saturated carbocycles. The van der Waals surface area contributed by atoms with E-state index in [2.05, 4.69) is 53.8 Å². The molecule has 0 aliphatic heterocycles. The molecular formula is C14H31N. The number of hydrogen-bond donors (Lipinski definition) is 1. The van der Waals surface area contributed by atoms with Crippen molar-refractivity contribution in [2.24, 2.45) is 10.8 Å². The fraction of sp³-hybridized carbons (Fsp3) is 1.00. The highest BCUT2D eigenvalue weighted by atomic mass is 14.9. The van der Waals surface area contributed by atoms with Crippen LogP contribution >= 0.6 is 0 Å². The summed E-state index contributed by atoms with van der Waals surface area (Å²) in [6.07, 6.45) is 3.81. The van der Waals surface area contributed by atoms with Gasteiger partial charge in [-0.25, -0.2) is 0 Å². The van der Waals surface area contributed by atoms with E-state index in [4.69, 9.17) is 0 Å². The summed E-state index contributed by atoms with van der Waals surface area (Å²) in [7, 11) is 0. The van der Waals surface area contributed by atoms with Gasteiger partial charge in [-0.15, -0.1) is 0 Å². The van der Waals surface area contributed by atoms with E-state index in [0.717, 1.165) is 6.54 Å². The Morgan fingerprint density at radius 2 is 1.53 bits per heavy atom. The highest BCUT2D eigenvalue weighted by Gasteiger charge is 2.25. The third-order valence-corrected chi connectivity index (χ3v) is 2.87. The molecule has 0 rings (SSSR count). The fourth-order valence-electron chi connectivity index (χ4n) is 1.74. The lowest BCUT2D eigenvalue weighted by atomic mass is 9.80. The average Bonchev–Trinajstić information content (AvgIpc) is 1.99. The Morgan fingerprint density at radius 3 is 1.87 bits per heavy atom. The van der Waals surface area contributed by atoms with Crippen LogP contribution < -0.4 is 5.32 Å². The normalized spacial score (nSPS) is 15.4. The van der Waals surface area contributed by atoms with Gasteiger partial charge >= 0.3 is 0 Å².